The van der Waals surface area contributed by atoms with E-state index in [1.165, 1.54) is 5.56 Å². The Kier molecular flexibility index (Phi) is 4.57. The molecule has 3 heterocycles. The van der Waals surface area contributed by atoms with E-state index in [0.717, 1.165) is 32.5 Å². The number of aryl methyl sites for hydroxylation is 1. The van der Waals surface area contributed by atoms with E-state index >= 15 is 0 Å². The second kappa shape index (κ2) is 6.78. The largest absolute Gasteiger partial charge is 0.424 e. The van der Waals surface area contributed by atoms with E-state index in [-0.39, 0.29) is 0 Å². The molecule has 6 nitrogen and oxygen atoms in total. The Hall–Kier alpha value is -1.79. The van der Waals surface area contributed by atoms with Crippen molar-refractivity contribution in [1.29, 1.82) is 0 Å². The maximum absolute atomic E-state index is 5.74. The van der Waals surface area contributed by atoms with Crippen LogP contribution in [-0.2, 0) is 17.8 Å². The number of nitrogens with zero attached hydrogens (tertiary/aromatic N) is 4. The molecule has 3 rings (SSSR count). The summed E-state index contributed by atoms with van der Waals surface area (Å²) in [7, 11) is 0. The lowest BCUT2D eigenvalue weighted by molar-refractivity contribution is 0.0647. The lowest BCUT2D eigenvalue weighted by Crippen LogP contribution is -2.31. The van der Waals surface area contributed by atoms with Crippen molar-refractivity contribution in [2.75, 3.05) is 13.2 Å². The summed E-state index contributed by atoms with van der Waals surface area (Å²) in [6, 6.07) is 4.03. The first-order valence-electron chi connectivity index (χ1n) is 7.31. The number of aromatic nitrogens is 3. The monoisotopic (exact) mass is 288 g/mol. The van der Waals surface area contributed by atoms with Crippen LogP contribution in [-0.4, -0.2) is 39.3 Å². The number of hydrogen-bond donors (Lipinski definition) is 0. The van der Waals surface area contributed by atoms with E-state index in [4.69, 9.17) is 9.15 Å². The van der Waals surface area contributed by atoms with Gasteiger partial charge in [0, 0.05) is 39.0 Å². The average molecular weight is 288 g/mol. The van der Waals surface area contributed by atoms with E-state index in [9.17, 15) is 0 Å². The summed E-state index contributed by atoms with van der Waals surface area (Å²) in [6.45, 7) is 4.98. The van der Waals surface area contributed by atoms with Crippen molar-refractivity contribution in [3.8, 4) is 0 Å². The molecule has 1 aliphatic rings. The van der Waals surface area contributed by atoms with Crippen molar-refractivity contribution < 1.29 is 9.15 Å². The molecule has 1 aliphatic heterocycles. The van der Waals surface area contributed by atoms with Gasteiger partial charge in [-0.3, -0.25) is 9.88 Å². The van der Waals surface area contributed by atoms with Crippen LogP contribution in [0.2, 0.25) is 0 Å². The van der Waals surface area contributed by atoms with Crippen molar-refractivity contribution in [1.82, 2.24) is 20.1 Å². The molecule has 21 heavy (non-hydrogen) atoms. The number of ether oxygens (including phenoxy) is 1. The summed E-state index contributed by atoms with van der Waals surface area (Å²) in [4.78, 5) is 6.45. The molecule has 0 unspecified atom stereocenters. The molecule has 0 amide bonds. The second-order valence-corrected chi connectivity index (χ2v) is 5.38. The highest BCUT2D eigenvalue weighted by Crippen LogP contribution is 2.16. The Morgan fingerprint density at radius 3 is 2.95 bits per heavy atom. The van der Waals surface area contributed by atoms with Gasteiger partial charge in [0.05, 0.1) is 12.6 Å². The molecule has 1 saturated heterocycles. The topological polar surface area (TPSA) is 64.3 Å². The fraction of sp³-hybridized carbons (Fsp3) is 0.533. The van der Waals surface area contributed by atoms with Crippen LogP contribution in [0.3, 0.4) is 0 Å². The Balaban J connectivity index is 1.67. The maximum atomic E-state index is 5.74. The molecular weight excluding hydrogens is 268 g/mol. The molecule has 1 atom stereocenters. The fourth-order valence-electron chi connectivity index (χ4n) is 2.60. The zero-order chi connectivity index (χ0) is 14.5. The lowest BCUT2D eigenvalue weighted by atomic mass is 10.2. The van der Waals surface area contributed by atoms with Crippen LogP contribution < -0.4 is 0 Å². The zero-order valence-electron chi connectivity index (χ0n) is 12.2. The highest BCUT2D eigenvalue weighted by atomic mass is 16.5. The summed E-state index contributed by atoms with van der Waals surface area (Å²) >= 11 is 0. The predicted molar refractivity (Wildman–Crippen MR) is 76.4 cm³/mol. The third-order valence-corrected chi connectivity index (χ3v) is 3.54. The summed E-state index contributed by atoms with van der Waals surface area (Å²) in [5.41, 5.74) is 1.17. The molecule has 6 heteroatoms. The Bertz CT molecular complexity index is 552. The SMILES string of the molecule is Cc1nnc(CN(Cc2cccnc2)C[C@H]2CCCO2)o1. The van der Waals surface area contributed by atoms with Gasteiger partial charge in [0.15, 0.2) is 0 Å². The summed E-state index contributed by atoms with van der Waals surface area (Å²) in [5, 5.41) is 7.98. The van der Waals surface area contributed by atoms with Crippen LogP contribution in [0.15, 0.2) is 28.9 Å². The Morgan fingerprint density at radius 1 is 1.33 bits per heavy atom. The van der Waals surface area contributed by atoms with E-state index in [1.807, 2.05) is 19.2 Å². The summed E-state index contributed by atoms with van der Waals surface area (Å²) < 4.78 is 11.2. The van der Waals surface area contributed by atoms with Crippen LogP contribution in [0.1, 0.15) is 30.2 Å². The zero-order valence-corrected chi connectivity index (χ0v) is 12.2. The third-order valence-electron chi connectivity index (χ3n) is 3.54. The molecule has 112 valence electrons. The number of rotatable bonds is 6. The van der Waals surface area contributed by atoms with Gasteiger partial charge < -0.3 is 9.15 Å². The van der Waals surface area contributed by atoms with Gasteiger partial charge in [-0.15, -0.1) is 10.2 Å². The summed E-state index contributed by atoms with van der Waals surface area (Å²) in [6.07, 6.45) is 6.24. The highest BCUT2D eigenvalue weighted by Gasteiger charge is 2.21. The van der Waals surface area contributed by atoms with Gasteiger partial charge in [-0.25, -0.2) is 0 Å². The quantitative estimate of drug-likeness (QED) is 0.809. The number of hydrogen-bond acceptors (Lipinski definition) is 6. The van der Waals surface area contributed by atoms with Crippen molar-refractivity contribution in [2.24, 2.45) is 0 Å². The average Bonchev–Trinajstić information content (AvgIpc) is 3.12. The maximum Gasteiger partial charge on any atom is 0.230 e. The van der Waals surface area contributed by atoms with Gasteiger partial charge in [0.2, 0.25) is 11.8 Å². The number of pyridine rings is 1. The van der Waals surface area contributed by atoms with Crippen molar-refractivity contribution in [3.05, 3.63) is 41.9 Å². The first kappa shape index (κ1) is 14.2. The molecule has 0 N–H and O–H groups in total. The fourth-order valence-corrected chi connectivity index (χ4v) is 2.60. The Morgan fingerprint density at radius 2 is 2.29 bits per heavy atom. The van der Waals surface area contributed by atoms with Gasteiger partial charge in [0.25, 0.3) is 0 Å². The van der Waals surface area contributed by atoms with E-state index in [1.54, 1.807) is 6.20 Å². The minimum absolute atomic E-state index is 0.297. The van der Waals surface area contributed by atoms with Crippen molar-refractivity contribution in [3.63, 3.8) is 0 Å². The van der Waals surface area contributed by atoms with Gasteiger partial charge in [0.1, 0.15) is 0 Å². The Labute approximate surface area is 124 Å². The molecule has 2 aromatic heterocycles. The molecule has 1 fully saturated rings. The molecule has 0 saturated carbocycles. The molecule has 0 aromatic carbocycles. The predicted octanol–water partition coefficient (Wildman–Crippen LogP) is 1.95. The van der Waals surface area contributed by atoms with Crippen molar-refractivity contribution >= 4 is 0 Å². The minimum atomic E-state index is 0.297. The van der Waals surface area contributed by atoms with E-state index < -0.39 is 0 Å². The second-order valence-electron chi connectivity index (χ2n) is 5.38. The molecular formula is C15H20N4O2. The first-order valence-corrected chi connectivity index (χ1v) is 7.31. The third kappa shape index (κ3) is 4.09. The highest BCUT2D eigenvalue weighted by molar-refractivity contribution is 5.08. The van der Waals surface area contributed by atoms with Crippen LogP contribution >= 0.6 is 0 Å². The van der Waals surface area contributed by atoms with E-state index in [2.05, 4.69) is 26.1 Å². The normalized spacial score (nSPS) is 18.5. The van der Waals surface area contributed by atoms with Gasteiger partial charge in [-0.05, 0) is 24.5 Å². The molecule has 2 aromatic rings. The molecule has 0 radical (unpaired) electrons. The van der Waals surface area contributed by atoms with Gasteiger partial charge in [-0.1, -0.05) is 6.07 Å². The standard InChI is InChI=1S/C15H20N4O2/c1-12-17-18-15(21-12)11-19(10-14-5-3-7-20-14)9-13-4-2-6-16-8-13/h2,4,6,8,14H,3,5,7,9-11H2,1H3/t14-/m1/s1. The summed E-state index contributed by atoms with van der Waals surface area (Å²) in [5.74, 6) is 1.25. The van der Waals surface area contributed by atoms with Gasteiger partial charge in [-0.2, -0.15) is 0 Å². The molecule has 0 spiro atoms. The van der Waals surface area contributed by atoms with Crippen molar-refractivity contribution in [2.45, 2.75) is 39.0 Å². The van der Waals surface area contributed by atoms with Crippen LogP contribution in [0.5, 0.6) is 0 Å². The molecule has 0 aliphatic carbocycles. The first-order chi connectivity index (χ1) is 10.3. The smallest absolute Gasteiger partial charge is 0.230 e. The van der Waals surface area contributed by atoms with Crippen LogP contribution in [0.25, 0.3) is 0 Å². The van der Waals surface area contributed by atoms with E-state index in [0.29, 0.717) is 24.4 Å². The van der Waals surface area contributed by atoms with Crippen LogP contribution in [0, 0.1) is 6.92 Å². The van der Waals surface area contributed by atoms with Gasteiger partial charge >= 0.3 is 0 Å². The molecule has 0 bridgehead atoms. The minimum Gasteiger partial charge on any atom is -0.424 e. The van der Waals surface area contributed by atoms with Crippen LogP contribution in [0.4, 0.5) is 0 Å². The lowest BCUT2D eigenvalue weighted by Gasteiger charge is -2.23.